The van der Waals surface area contributed by atoms with Gasteiger partial charge in [0.05, 0.1) is 43.4 Å². The zero-order chi connectivity index (χ0) is 21.3. The third-order valence-electron chi connectivity index (χ3n) is 5.17. The first kappa shape index (κ1) is 24.9. The van der Waals surface area contributed by atoms with Crippen molar-refractivity contribution >= 4 is 12.4 Å². The molecule has 0 aromatic carbocycles. The third kappa shape index (κ3) is 8.07. The van der Waals surface area contributed by atoms with E-state index in [0.29, 0.717) is 32.2 Å². The normalized spacial score (nSPS) is 10.6. The first-order valence-electron chi connectivity index (χ1n) is 9.11. The van der Waals surface area contributed by atoms with Crippen molar-refractivity contribution in [3.63, 3.8) is 0 Å². The lowest BCUT2D eigenvalue weighted by Gasteiger charge is -2.37. The summed E-state index contributed by atoms with van der Waals surface area (Å²) in [6, 6.07) is 8.20. The minimum Gasteiger partial charge on any atom is -0.469 e. The van der Waals surface area contributed by atoms with Crippen LogP contribution in [-0.4, -0.2) is 26.2 Å². The van der Waals surface area contributed by atoms with Gasteiger partial charge < -0.3 is 9.47 Å². The monoisotopic (exact) mass is 386 g/mol. The van der Waals surface area contributed by atoms with Crippen molar-refractivity contribution in [3.8, 4) is 24.3 Å². The van der Waals surface area contributed by atoms with E-state index in [1.54, 1.807) is 0 Å². The topological polar surface area (TPSA) is 148 Å². The number of carbonyl (C=O) groups excluding carboxylic acids is 2. The second-order valence-electron chi connectivity index (χ2n) is 6.81. The lowest BCUT2D eigenvalue weighted by atomic mass is 9.68. The number of rotatable bonds is 15. The molecule has 28 heavy (non-hydrogen) atoms. The average molecular weight is 386 g/mol. The van der Waals surface area contributed by atoms with Gasteiger partial charge in [0.15, 0.2) is 0 Å². The summed E-state index contributed by atoms with van der Waals surface area (Å²) in [6.07, 6.45) is 2.73. The Kier molecular flexibility index (Phi) is 12.5. The first-order valence-corrected chi connectivity index (χ1v) is 9.11. The maximum absolute atomic E-state index is 12.6. The predicted molar refractivity (Wildman–Crippen MR) is 97.5 cm³/mol. The number of carbonyl (C=O) groups is 2. The van der Waals surface area contributed by atoms with Crippen LogP contribution in [0.4, 0.5) is 0 Å². The summed E-state index contributed by atoms with van der Waals surface area (Å²) < 4.78 is 9.96. The van der Waals surface area contributed by atoms with Gasteiger partial charge in [-0.1, -0.05) is 0 Å². The molecule has 0 atom stereocenters. The highest BCUT2D eigenvalue weighted by molar-refractivity contribution is 5.76. The number of nitrogens with zero attached hydrogens (tertiary/aromatic N) is 4. The van der Waals surface area contributed by atoms with Gasteiger partial charge >= 0.3 is 5.97 Å². The Morgan fingerprint density at radius 3 is 1.68 bits per heavy atom. The molecule has 0 fully saturated rings. The lowest BCUT2D eigenvalue weighted by Crippen LogP contribution is -2.36. The van der Waals surface area contributed by atoms with Crippen molar-refractivity contribution in [2.45, 2.75) is 64.2 Å². The lowest BCUT2D eigenvalue weighted by molar-refractivity contribution is -0.155. The van der Waals surface area contributed by atoms with Crippen LogP contribution < -0.4 is 0 Å². The summed E-state index contributed by atoms with van der Waals surface area (Å²) in [5.74, 6) is -0.483. The van der Waals surface area contributed by atoms with Gasteiger partial charge in [-0.25, -0.2) is 0 Å². The van der Waals surface area contributed by atoms with Crippen molar-refractivity contribution in [2.75, 3.05) is 13.7 Å². The molecule has 0 rings (SSSR count). The number of methoxy groups -OCH3 is 1. The van der Waals surface area contributed by atoms with Gasteiger partial charge in [-0.3, -0.25) is 9.59 Å². The van der Waals surface area contributed by atoms with Crippen LogP contribution in [0.15, 0.2) is 0 Å². The molecule has 0 radical (unpaired) electrons. The maximum atomic E-state index is 12.6. The molecule has 0 aliphatic heterocycles. The van der Waals surface area contributed by atoms with Crippen LogP contribution in [0, 0.1) is 56.2 Å². The van der Waals surface area contributed by atoms with Crippen molar-refractivity contribution in [1.82, 2.24) is 0 Å². The molecule has 0 aromatic rings. The molecule has 0 unspecified atom stereocenters. The Bertz CT molecular complexity index is 628. The molecule has 0 aliphatic rings. The Morgan fingerprint density at radius 2 is 1.29 bits per heavy atom. The Hall–Kier alpha value is -3.10. The first-order chi connectivity index (χ1) is 13.5. The van der Waals surface area contributed by atoms with Gasteiger partial charge in [0.2, 0.25) is 0 Å². The summed E-state index contributed by atoms with van der Waals surface area (Å²) in [6.45, 7) is 0.361. The molecule has 8 nitrogen and oxygen atoms in total. The van der Waals surface area contributed by atoms with Crippen LogP contribution in [0.3, 0.4) is 0 Å². The van der Waals surface area contributed by atoms with Gasteiger partial charge in [-0.15, -0.1) is 0 Å². The molecule has 0 saturated heterocycles. The number of esters is 1. The maximum Gasteiger partial charge on any atom is 0.311 e. The van der Waals surface area contributed by atoms with E-state index in [0.717, 1.165) is 0 Å². The summed E-state index contributed by atoms with van der Waals surface area (Å²) in [4.78, 5) is 23.3. The van der Waals surface area contributed by atoms with Crippen LogP contribution in [0.25, 0.3) is 0 Å². The van der Waals surface area contributed by atoms with E-state index in [9.17, 15) is 9.59 Å². The average Bonchev–Trinajstić information content (AvgIpc) is 2.73. The molecule has 0 heterocycles. The fourth-order valence-electron chi connectivity index (χ4n) is 3.44. The highest BCUT2D eigenvalue weighted by atomic mass is 16.5. The fraction of sp³-hybridized carbons (Fsp3) is 0.700. The minimum absolute atomic E-state index is 0.0353. The molecule has 0 spiro atoms. The Balaban J connectivity index is 5.76. The molecular formula is C20H26N4O4. The zero-order valence-electron chi connectivity index (χ0n) is 16.3. The van der Waals surface area contributed by atoms with Gasteiger partial charge in [-0.05, 0) is 38.5 Å². The van der Waals surface area contributed by atoms with Crippen molar-refractivity contribution < 1.29 is 19.1 Å². The molecule has 0 saturated carbocycles. The van der Waals surface area contributed by atoms with E-state index < -0.39 is 16.8 Å². The molecule has 0 aromatic heterocycles. The standard InChI is InChI=1S/C20H26N4O4/c1-27-18(26)20(8-4-14-23,9-5-15-24)11-10-19(6-2-12-21,7-3-13-22)16-28-17-25/h17H,2-11,16H2,1H3. The quantitative estimate of drug-likeness (QED) is 0.307. The van der Waals surface area contributed by atoms with E-state index in [1.807, 2.05) is 12.1 Å². The molecule has 0 amide bonds. The zero-order valence-corrected chi connectivity index (χ0v) is 16.3. The van der Waals surface area contributed by atoms with Crippen LogP contribution in [0.1, 0.15) is 64.2 Å². The number of nitriles is 4. The van der Waals surface area contributed by atoms with Gasteiger partial charge in [0.1, 0.15) is 0 Å². The molecule has 0 N–H and O–H groups in total. The van der Waals surface area contributed by atoms with Crippen LogP contribution >= 0.6 is 0 Å². The smallest absolute Gasteiger partial charge is 0.311 e. The summed E-state index contributed by atoms with van der Waals surface area (Å²) >= 11 is 0. The molecule has 0 bridgehead atoms. The van der Waals surface area contributed by atoms with Crippen molar-refractivity contribution in [3.05, 3.63) is 0 Å². The van der Waals surface area contributed by atoms with Crippen LogP contribution in [0.5, 0.6) is 0 Å². The second kappa shape index (κ2) is 14.0. The van der Waals surface area contributed by atoms with Gasteiger partial charge in [0.25, 0.3) is 6.47 Å². The highest BCUT2D eigenvalue weighted by Crippen LogP contribution is 2.43. The molecular weight excluding hydrogens is 360 g/mol. The van der Waals surface area contributed by atoms with E-state index >= 15 is 0 Å². The van der Waals surface area contributed by atoms with E-state index in [4.69, 9.17) is 30.5 Å². The number of hydrogen-bond donors (Lipinski definition) is 0. The summed E-state index contributed by atoms with van der Waals surface area (Å²) in [7, 11) is 1.27. The highest BCUT2D eigenvalue weighted by Gasteiger charge is 2.42. The SMILES string of the molecule is COC(=O)C(CCC#N)(CCC#N)CCC(CCC#N)(CCC#N)COC=O. The summed E-state index contributed by atoms with van der Waals surface area (Å²) in [5, 5.41) is 36.0. The van der Waals surface area contributed by atoms with Gasteiger partial charge in [-0.2, -0.15) is 21.0 Å². The van der Waals surface area contributed by atoms with E-state index in [2.05, 4.69) is 12.1 Å². The predicted octanol–water partition coefficient (Wildman–Crippen LogP) is 3.30. The van der Waals surface area contributed by atoms with E-state index in [-0.39, 0.29) is 45.1 Å². The second-order valence-corrected chi connectivity index (χ2v) is 6.81. The Labute approximate surface area is 166 Å². The molecule has 8 heteroatoms. The van der Waals surface area contributed by atoms with E-state index in [1.165, 1.54) is 7.11 Å². The fourth-order valence-corrected chi connectivity index (χ4v) is 3.44. The van der Waals surface area contributed by atoms with Crippen LogP contribution in [-0.2, 0) is 19.1 Å². The van der Waals surface area contributed by atoms with Crippen molar-refractivity contribution in [2.24, 2.45) is 10.8 Å². The molecule has 150 valence electrons. The largest absolute Gasteiger partial charge is 0.469 e. The molecule has 0 aliphatic carbocycles. The van der Waals surface area contributed by atoms with Crippen LogP contribution in [0.2, 0.25) is 0 Å². The number of hydrogen-bond acceptors (Lipinski definition) is 8. The third-order valence-corrected chi connectivity index (χ3v) is 5.17. The summed E-state index contributed by atoms with van der Waals surface area (Å²) in [5.41, 5.74) is -1.64. The van der Waals surface area contributed by atoms with Gasteiger partial charge in [0, 0.05) is 31.1 Å². The van der Waals surface area contributed by atoms with Crippen molar-refractivity contribution in [1.29, 1.82) is 21.0 Å². The minimum atomic E-state index is -1.01. The number of ether oxygens (including phenoxy) is 2. The Morgan fingerprint density at radius 1 is 0.821 bits per heavy atom.